The van der Waals surface area contributed by atoms with Crippen LogP contribution in [0.15, 0.2) is 83.5 Å². The maximum atomic E-state index is 4.93. The normalized spacial score (nSPS) is 33.0. The predicted octanol–water partition coefficient (Wildman–Crippen LogP) is 11.1. The van der Waals surface area contributed by atoms with E-state index >= 15 is 0 Å². The van der Waals surface area contributed by atoms with Gasteiger partial charge in [0.15, 0.2) is 0 Å². The summed E-state index contributed by atoms with van der Waals surface area (Å²) < 4.78 is 0. The molecule has 0 bridgehead atoms. The van der Waals surface area contributed by atoms with Crippen LogP contribution < -0.4 is 0 Å². The Morgan fingerprint density at radius 2 is 1.60 bits per heavy atom. The summed E-state index contributed by atoms with van der Waals surface area (Å²) in [6.07, 6.45) is 4.79. The Bertz CT molecular complexity index is 1600. The molecule has 0 radical (unpaired) electrons. The minimum atomic E-state index is -0.152. The van der Waals surface area contributed by atoms with Crippen molar-refractivity contribution in [2.24, 2.45) is 22.2 Å². The zero-order valence-electron chi connectivity index (χ0n) is 26.5. The van der Waals surface area contributed by atoms with E-state index in [1.165, 1.54) is 91.6 Å². The van der Waals surface area contributed by atoms with Gasteiger partial charge in [0.05, 0.1) is 0 Å². The van der Waals surface area contributed by atoms with Crippen molar-refractivity contribution in [1.82, 2.24) is 0 Å². The first kappa shape index (κ1) is 27.3. The molecule has 0 spiro atoms. The van der Waals surface area contributed by atoms with Crippen molar-refractivity contribution in [3.63, 3.8) is 0 Å². The Balaban J connectivity index is 1.59. The number of benzene rings is 2. The van der Waals surface area contributed by atoms with E-state index in [1.807, 2.05) is 0 Å². The first-order valence-corrected chi connectivity index (χ1v) is 15.4. The molecule has 40 heavy (non-hydrogen) atoms. The van der Waals surface area contributed by atoms with Crippen LogP contribution in [0.25, 0.3) is 16.7 Å². The van der Waals surface area contributed by atoms with Crippen molar-refractivity contribution >= 4 is 5.57 Å². The van der Waals surface area contributed by atoms with Crippen LogP contribution in [0.2, 0.25) is 0 Å². The second-order valence-electron chi connectivity index (χ2n) is 14.4. The molecular formula is C40H48. The van der Waals surface area contributed by atoms with Gasteiger partial charge in [0.25, 0.3) is 0 Å². The molecule has 6 rings (SSSR count). The van der Waals surface area contributed by atoms with Crippen LogP contribution >= 0.6 is 0 Å². The largest absolute Gasteiger partial charge is 0.0955 e. The Kier molecular flexibility index (Phi) is 5.86. The van der Waals surface area contributed by atoms with Crippen molar-refractivity contribution in [3.05, 3.63) is 111 Å². The van der Waals surface area contributed by atoms with Gasteiger partial charge in [0.1, 0.15) is 0 Å². The molecule has 0 N–H and O–H groups in total. The molecule has 5 atom stereocenters. The average molecular weight is 529 g/mol. The van der Waals surface area contributed by atoms with Gasteiger partial charge in [-0.3, -0.25) is 0 Å². The second-order valence-corrected chi connectivity index (χ2v) is 14.4. The number of aryl methyl sites for hydroxylation is 2. The summed E-state index contributed by atoms with van der Waals surface area (Å²) in [5.41, 5.74) is 19.2. The molecule has 4 aliphatic rings. The van der Waals surface area contributed by atoms with Crippen molar-refractivity contribution < 1.29 is 0 Å². The van der Waals surface area contributed by atoms with Crippen LogP contribution in [0.3, 0.4) is 0 Å². The standard InChI is InChI=1S/C40H48/c1-22(2)35-23(3)21-38(10)29(9)39(11)26(6)34-19-18-33(32-17-16-30-14-13-15-31(30)20-32)24(4)36(34)25(5)37(39)28(8)40(38,12)27(35)7/h16-20,26,29H,1,5,7,13-15,21H2,2-4,6,8-12H3/t26-,29+,38+,39-,40-/m1/s1. The molecule has 2 aromatic carbocycles. The fraction of sp³-hybridized carbons (Fsp3) is 0.450. The van der Waals surface area contributed by atoms with Crippen molar-refractivity contribution in [2.75, 3.05) is 0 Å². The molecule has 0 heteroatoms. The van der Waals surface area contributed by atoms with Gasteiger partial charge < -0.3 is 0 Å². The van der Waals surface area contributed by atoms with E-state index in [0.717, 1.165) is 12.0 Å². The quantitative estimate of drug-likeness (QED) is 0.363. The highest BCUT2D eigenvalue weighted by Gasteiger charge is 2.64. The topological polar surface area (TPSA) is 0 Å². The van der Waals surface area contributed by atoms with E-state index in [1.54, 1.807) is 0 Å². The van der Waals surface area contributed by atoms with E-state index in [4.69, 9.17) is 13.2 Å². The Hall–Kier alpha value is -2.86. The Labute approximate surface area is 243 Å². The maximum Gasteiger partial charge on any atom is 0.0196 e. The summed E-state index contributed by atoms with van der Waals surface area (Å²) in [6, 6.07) is 12.0. The molecule has 208 valence electrons. The molecule has 0 aliphatic heterocycles. The maximum absolute atomic E-state index is 4.93. The summed E-state index contributed by atoms with van der Waals surface area (Å²) in [7, 11) is 0. The third-order valence-corrected chi connectivity index (χ3v) is 12.9. The summed E-state index contributed by atoms with van der Waals surface area (Å²) in [5.74, 6) is 0.834. The molecule has 0 heterocycles. The van der Waals surface area contributed by atoms with Gasteiger partial charge in [-0.2, -0.15) is 0 Å². The molecule has 0 amide bonds. The molecule has 0 unspecified atom stereocenters. The lowest BCUT2D eigenvalue weighted by Crippen LogP contribution is -2.58. The van der Waals surface area contributed by atoms with E-state index in [9.17, 15) is 0 Å². The van der Waals surface area contributed by atoms with Crippen LogP contribution in [0.1, 0.15) is 102 Å². The van der Waals surface area contributed by atoms with Gasteiger partial charge in [-0.1, -0.05) is 101 Å². The fourth-order valence-electron chi connectivity index (χ4n) is 10.2. The average Bonchev–Trinajstić information content (AvgIpc) is 3.37. The van der Waals surface area contributed by atoms with E-state index in [-0.39, 0.29) is 16.2 Å². The molecule has 0 fully saturated rings. The number of hydrogen-bond acceptors (Lipinski definition) is 0. The number of allylic oxidation sites excluding steroid dienone is 7. The van der Waals surface area contributed by atoms with Gasteiger partial charge in [-0.15, -0.1) is 0 Å². The molecule has 2 aromatic rings. The van der Waals surface area contributed by atoms with Crippen molar-refractivity contribution in [2.45, 2.75) is 93.9 Å². The molecule has 0 aromatic heterocycles. The smallest absolute Gasteiger partial charge is 0.0196 e. The summed E-state index contributed by atoms with van der Waals surface area (Å²) in [6.45, 7) is 35.9. The van der Waals surface area contributed by atoms with Crippen molar-refractivity contribution in [1.29, 1.82) is 0 Å². The number of rotatable bonds is 2. The third-order valence-electron chi connectivity index (χ3n) is 12.9. The minimum absolute atomic E-state index is 0.00869. The second kappa shape index (κ2) is 8.58. The third kappa shape index (κ3) is 3.09. The summed E-state index contributed by atoms with van der Waals surface area (Å²) >= 11 is 0. The summed E-state index contributed by atoms with van der Waals surface area (Å²) in [5, 5.41) is 0. The molecule has 4 aliphatic carbocycles. The van der Waals surface area contributed by atoms with E-state index in [2.05, 4.69) is 99.2 Å². The van der Waals surface area contributed by atoms with Crippen LogP contribution in [0.4, 0.5) is 0 Å². The SMILES string of the molecule is C=C(C)C1=C(C)C[C@@]2(C)[C@H](C)[C@]3(C)C(=C(C)[C@@]2(C)C1=C)C(=C)c1c(ccc(-c2ccc4c(c2)CCC4)c1C)[C@H]3C. The van der Waals surface area contributed by atoms with E-state index in [0.29, 0.717) is 11.8 Å². The molecule has 0 saturated heterocycles. The predicted molar refractivity (Wildman–Crippen MR) is 174 cm³/mol. The first-order valence-electron chi connectivity index (χ1n) is 15.4. The van der Waals surface area contributed by atoms with Gasteiger partial charge in [0.2, 0.25) is 0 Å². The van der Waals surface area contributed by atoms with Gasteiger partial charge in [-0.25, -0.2) is 0 Å². The van der Waals surface area contributed by atoms with Crippen molar-refractivity contribution in [3.8, 4) is 11.1 Å². The Morgan fingerprint density at radius 3 is 2.27 bits per heavy atom. The Morgan fingerprint density at radius 1 is 0.925 bits per heavy atom. The fourth-order valence-corrected chi connectivity index (χ4v) is 10.2. The molecule has 0 nitrogen and oxygen atoms in total. The zero-order valence-corrected chi connectivity index (χ0v) is 26.5. The van der Waals surface area contributed by atoms with Gasteiger partial charge >= 0.3 is 0 Å². The van der Waals surface area contributed by atoms with Crippen LogP contribution in [0, 0.1) is 29.1 Å². The highest BCUT2D eigenvalue weighted by atomic mass is 14.7. The number of fused-ring (bicyclic) bond motifs is 4. The van der Waals surface area contributed by atoms with Gasteiger partial charge in [-0.05, 0) is 132 Å². The van der Waals surface area contributed by atoms with E-state index < -0.39 is 0 Å². The highest BCUT2D eigenvalue weighted by Crippen LogP contribution is 2.74. The first-order chi connectivity index (χ1) is 18.7. The molecule has 0 saturated carbocycles. The minimum Gasteiger partial charge on any atom is -0.0955 e. The van der Waals surface area contributed by atoms with Gasteiger partial charge in [0, 0.05) is 10.8 Å². The molecular weight excluding hydrogens is 480 g/mol. The lowest BCUT2D eigenvalue weighted by atomic mass is 9.36. The zero-order chi connectivity index (χ0) is 29.1. The number of hydrogen-bond donors (Lipinski definition) is 0. The monoisotopic (exact) mass is 528 g/mol. The summed E-state index contributed by atoms with van der Waals surface area (Å²) in [4.78, 5) is 0. The van der Waals surface area contributed by atoms with Crippen LogP contribution in [-0.2, 0) is 12.8 Å². The van der Waals surface area contributed by atoms with Crippen LogP contribution in [-0.4, -0.2) is 0 Å². The lowest BCUT2D eigenvalue weighted by molar-refractivity contribution is -0.0260. The van der Waals surface area contributed by atoms with Crippen LogP contribution in [0.5, 0.6) is 0 Å². The lowest BCUT2D eigenvalue weighted by Gasteiger charge is -2.67. The highest BCUT2D eigenvalue weighted by molar-refractivity contribution is 5.90.